The lowest BCUT2D eigenvalue weighted by molar-refractivity contribution is -0.150. The maximum Gasteiger partial charge on any atom is 0.233 e. The van der Waals surface area contributed by atoms with Crippen LogP contribution in [-0.2, 0) is 11.4 Å². The second-order valence-electron chi connectivity index (χ2n) is 4.34. The van der Waals surface area contributed by atoms with E-state index in [4.69, 9.17) is 14.7 Å². The third kappa shape index (κ3) is 4.81. The Morgan fingerprint density at radius 2 is 1.57 bits per heavy atom. The van der Waals surface area contributed by atoms with Gasteiger partial charge in [0.25, 0.3) is 0 Å². The summed E-state index contributed by atoms with van der Waals surface area (Å²) in [5.41, 5.74) is 1.06. The Balaban J connectivity index is 1.92. The van der Waals surface area contributed by atoms with Crippen molar-refractivity contribution in [3.05, 3.63) is 60.2 Å². The molecule has 2 rings (SSSR count). The summed E-state index contributed by atoms with van der Waals surface area (Å²) in [4.78, 5) is 10.3. The number of ether oxygens (including phenoxy) is 2. The number of para-hydroxylation sites is 2. The van der Waals surface area contributed by atoms with Crippen molar-refractivity contribution in [3.63, 3.8) is 0 Å². The van der Waals surface area contributed by atoms with E-state index in [0.29, 0.717) is 29.6 Å². The topological polar surface area (TPSA) is 59.0 Å². The molecule has 0 atom stereocenters. The minimum atomic E-state index is 0.0938. The van der Waals surface area contributed by atoms with Gasteiger partial charge >= 0.3 is 0 Å². The molecule has 0 saturated heterocycles. The van der Waals surface area contributed by atoms with Crippen LogP contribution in [-0.4, -0.2) is 29.8 Å². The number of hydrogen-bond donors (Lipinski definition) is 1. The van der Waals surface area contributed by atoms with Crippen molar-refractivity contribution < 1.29 is 19.5 Å². The van der Waals surface area contributed by atoms with Gasteiger partial charge in [-0.2, -0.15) is 0 Å². The summed E-state index contributed by atoms with van der Waals surface area (Å²) in [6.45, 7) is 0.721. The summed E-state index contributed by atoms with van der Waals surface area (Å²) in [7, 11) is 0. The zero-order chi connectivity index (χ0) is 14.9. The van der Waals surface area contributed by atoms with Gasteiger partial charge in [0.1, 0.15) is 13.2 Å². The predicted molar refractivity (Wildman–Crippen MR) is 77.3 cm³/mol. The standard InChI is InChI=1S/C16H17NO4/c18-13-17(19)10-11-20-15-8-4-5-9-16(15)21-12-14-6-2-1-3-7-14/h1-9,13,19H,10-12H2. The Hall–Kier alpha value is -2.53. The Kier molecular flexibility index (Phi) is 5.60. The molecule has 1 N–H and O–H groups in total. The number of carbonyl (C=O) groups is 1. The van der Waals surface area contributed by atoms with Crippen molar-refractivity contribution in [1.29, 1.82) is 0 Å². The first-order chi connectivity index (χ1) is 10.3. The largest absolute Gasteiger partial charge is 0.488 e. The molecule has 0 fully saturated rings. The molecule has 5 heteroatoms. The molecule has 0 unspecified atom stereocenters. The van der Waals surface area contributed by atoms with Crippen LogP contribution in [0.5, 0.6) is 11.5 Å². The van der Waals surface area contributed by atoms with Gasteiger partial charge in [0.15, 0.2) is 11.5 Å². The van der Waals surface area contributed by atoms with Crippen molar-refractivity contribution >= 4 is 6.41 Å². The van der Waals surface area contributed by atoms with Crippen molar-refractivity contribution in [2.24, 2.45) is 0 Å². The van der Waals surface area contributed by atoms with Crippen molar-refractivity contribution in [3.8, 4) is 11.5 Å². The van der Waals surface area contributed by atoms with Crippen LogP contribution in [0.3, 0.4) is 0 Å². The average Bonchev–Trinajstić information content (AvgIpc) is 2.54. The fourth-order valence-corrected chi connectivity index (χ4v) is 1.73. The molecule has 2 aromatic carbocycles. The number of nitrogens with zero attached hydrogens (tertiary/aromatic N) is 1. The fourth-order valence-electron chi connectivity index (χ4n) is 1.73. The van der Waals surface area contributed by atoms with E-state index in [1.165, 1.54) is 0 Å². The molecule has 0 heterocycles. The third-order valence-corrected chi connectivity index (χ3v) is 2.79. The molecular formula is C16H17NO4. The first-order valence-corrected chi connectivity index (χ1v) is 6.59. The Morgan fingerprint density at radius 1 is 0.952 bits per heavy atom. The van der Waals surface area contributed by atoms with Gasteiger partial charge in [0.2, 0.25) is 6.41 Å². The van der Waals surface area contributed by atoms with E-state index in [2.05, 4.69) is 0 Å². The summed E-state index contributed by atoms with van der Waals surface area (Å²) in [6, 6.07) is 17.1. The minimum Gasteiger partial charge on any atom is -0.488 e. The summed E-state index contributed by atoms with van der Waals surface area (Å²) in [5.74, 6) is 1.20. The molecule has 0 saturated carbocycles. The van der Waals surface area contributed by atoms with E-state index < -0.39 is 0 Å². The van der Waals surface area contributed by atoms with Crippen LogP contribution >= 0.6 is 0 Å². The quantitative estimate of drug-likeness (QED) is 0.460. The van der Waals surface area contributed by atoms with Gasteiger partial charge < -0.3 is 9.47 Å². The van der Waals surface area contributed by atoms with E-state index in [9.17, 15) is 4.79 Å². The van der Waals surface area contributed by atoms with Crippen LogP contribution in [0.15, 0.2) is 54.6 Å². The molecule has 1 amide bonds. The van der Waals surface area contributed by atoms with E-state index in [1.54, 1.807) is 6.07 Å². The molecule has 0 aliphatic rings. The lowest BCUT2D eigenvalue weighted by atomic mass is 10.2. The number of benzene rings is 2. The summed E-state index contributed by atoms with van der Waals surface area (Å²) >= 11 is 0. The van der Waals surface area contributed by atoms with Crippen molar-refractivity contribution in [1.82, 2.24) is 5.06 Å². The molecule has 0 spiro atoms. The average molecular weight is 287 g/mol. The molecule has 0 aromatic heterocycles. The maximum atomic E-state index is 10.3. The predicted octanol–water partition coefficient (Wildman–Crippen LogP) is 2.49. The number of rotatable bonds is 8. The second-order valence-corrected chi connectivity index (χ2v) is 4.34. The van der Waals surface area contributed by atoms with Crippen molar-refractivity contribution in [2.75, 3.05) is 13.2 Å². The first kappa shape index (κ1) is 14.9. The molecule has 0 aliphatic heterocycles. The van der Waals surface area contributed by atoms with Crippen LogP contribution in [0.2, 0.25) is 0 Å². The number of carbonyl (C=O) groups excluding carboxylic acids is 1. The Morgan fingerprint density at radius 3 is 2.24 bits per heavy atom. The lowest BCUT2D eigenvalue weighted by Crippen LogP contribution is -2.23. The minimum absolute atomic E-state index is 0.0938. The van der Waals surface area contributed by atoms with Gasteiger partial charge in [-0.3, -0.25) is 10.0 Å². The zero-order valence-electron chi connectivity index (χ0n) is 11.5. The third-order valence-electron chi connectivity index (χ3n) is 2.79. The van der Waals surface area contributed by atoms with Gasteiger partial charge in [-0.15, -0.1) is 0 Å². The molecule has 2 aromatic rings. The van der Waals surface area contributed by atoms with Crippen LogP contribution in [0, 0.1) is 0 Å². The van der Waals surface area contributed by atoms with E-state index in [-0.39, 0.29) is 13.2 Å². The van der Waals surface area contributed by atoms with E-state index >= 15 is 0 Å². The molecule has 0 bridgehead atoms. The molecule has 110 valence electrons. The molecule has 0 aliphatic carbocycles. The number of hydrogen-bond acceptors (Lipinski definition) is 4. The van der Waals surface area contributed by atoms with Crippen LogP contribution in [0.4, 0.5) is 0 Å². The number of amides is 1. The van der Waals surface area contributed by atoms with Crippen LogP contribution < -0.4 is 9.47 Å². The SMILES string of the molecule is O=CN(O)CCOc1ccccc1OCc1ccccc1. The highest BCUT2D eigenvalue weighted by Crippen LogP contribution is 2.27. The molecule has 0 radical (unpaired) electrons. The van der Waals surface area contributed by atoms with Crippen molar-refractivity contribution in [2.45, 2.75) is 6.61 Å². The summed E-state index contributed by atoms with van der Waals surface area (Å²) in [6.07, 6.45) is 0.334. The monoisotopic (exact) mass is 287 g/mol. The van der Waals surface area contributed by atoms with Gasteiger partial charge in [0.05, 0.1) is 6.54 Å². The fraction of sp³-hybridized carbons (Fsp3) is 0.188. The van der Waals surface area contributed by atoms with Gasteiger partial charge in [0, 0.05) is 0 Å². The smallest absolute Gasteiger partial charge is 0.233 e. The van der Waals surface area contributed by atoms with E-state index in [0.717, 1.165) is 5.56 Å². The van der Waals surface area contributed by atoms with Crippen LogP contribution in [0.1, 0.15) is 5.56 Å². The molecular weight excluding hydrogens is 270 g/mol. The summed E-state index contributed by atoms with van der Waals surface area (Å²) < 4.78 is 11.2. The lowest BCUT2D eigenvalue weighted by Gasteiger charge is -2.14. The Bertz CT molecular complexity index is 559. The van der Waals surface area contributed by atoms with Gasteiger partial charge in [-0.25, -0.2) is 5.06 Å². The van der Waals surface area contributed by atoms with Crippen LogP contribution in [0.25, 0.3) is 0 Å². The highest BCUT2D eigenvalue weighted by atomic mass is 16.5. The molecule has 5 nitrogen and oxygen atoms in total. The highest BCUT2D eigenvalue weighted by Gasteiger charge is 2.05. The first-order valence-electron chi connectivity index (χ1n) is 6.59. The highest BCUT2D eigenvalue weighted by molar-refractivity contribution is 5.44. The van der Waals surface area contributed by atoms with E-state index in [1.807, 2.05) is 48.5 Å². The molecule has 21 heavy (non-hydrogen) atoms. The zero-order valence-corrected chi connectivity index (χ0v) is 11.5. The second kappa shape index (κ2) is 7.91. The summed E-state index contributed by atoms with van der Waals surface area (Å²) in [5, 5.41) is 9.55. The van der Waals surface area contributed by atoms with Gasteiger partial charge in [-0.1, -0.05) is 42.5 Å². The maximum absolute atomic E-state index is 10.3. The normalized spacial score (nSPS) is 9.95. The number of hydroxylamine groups is 2. The Labute approximate surface area is 123 Å². The van der Waals surface area contributed by atoms with Gasteiger partial charge in [-0.05, 0) is 17.7 Å².